The number of carbonyl (C=O) groups excluding carboxylic acids is 2. The van der Waals surface area contributed by atoms with Gasteiger partial charge in [0.1, 0.15) is 0 Å². The molecule has 0 radical (unpaired) electrons. The molecule has 0 heterocycles. The van der Waals surface area contributed by atoms with Crippen LogP contribution in [0.4, 0.5) is 0 Å². The van der Waals surface area contributed by atoms with Gasteiger partial charge < -0.3 is 10.1 Å². The largest absolute Gasteiger partial charge is 0.465 e. The van der Waals surface area contributed by atoms with Crippen molar-refractivity contribution in [2.75, 3.05) is 27.2 Å². The zero-order valence-corrected chi connectivity index (χ0v) is 11.6. The lowest BCUT2D eigenvalue weighted by molar-refractivity contribution is -0.121. The van der Waals surface area contributed by atoms with Crippen LogP contribution in [0.25, 0.3) is 0 Å². The minimum atomic E-state index is -0.345. The molecular weight excluding hydrogens is 244 g/mol. The summed E-state index contributed by atoms with van der Waals surface area (Å²) in [6.45, 7) is 3.54. The second-order valence-corrected chi connectivity index (χ2v) is 4.31. The first-order chi connectivity index (χ1) is 9.06. The number of hydrogen-bond acceptors (Lipinski definition) is 4. The molecule has 0 atom stereocenters. The third-order valence-corrected chi connectivity index (χ3v) is 2.61. The fraction of sp³-hybridized carbons (Fsp3) is 0.429. The molecule has 0 aromatic heterocycles. The van der Waals surface area contributed by atoms with E-state index < -0.39 is 0 Å². The van der Waals surface area contributed by atoms with E-state index in [9.17, 15) is 9.59 Å². The highest BCUT2D eigenvalue weighted by Gasteiger charge is 2.08. The van der Waals surface area contributed by atoms with Crippen LogP contribution in [0.3, 0.4) is 0 Å². The first-order valence-corrected chi connectivity index (χ1v) is 6.19. The topological polar surface area (TPSA) is 58.6 Å². The molecule has 0 saturated carbocycles. The smallest absolute Gasteiger partial charge is 0.337 e. The Hall–Kier alpha value is -1.88. The molecule has 0 aliphatic heterocycles. The summed E-state index contributed by atoms with van der Waals surface area (Å²) in [6.07, 6.45) is 0. The quantitative estimate of drug-likeness (QED) is 0.780. The first kappa shape index (κ1) is 15.2. The molecule has 1 amide bonds. The Morgan fingerprint density at radius 2 is 1.89 bits per heavy atom. The van der Waals surface area contributed by atoms with E-state index in [4.69, 9.17) is 0 Å². The number of hydrogen-bond donors (Lipinski definition) is 1. The molecule has 5 heteroatoms. The standard InChI is InChI=1S/C14H20N2O3/c1-4-15-13(17)10-16(2)9-11-5-7-12(8-6-11)14(18)19-3/h5-8H,4,9-10H2,1-3H3,(H,15,17). The van der Waals surface area contributed by atoms with Crippen LogP contribution in [-0.4, -0.2) is 44.0 Å². The van der Waals surface area contributed by atoms with Crippen LogP contribution in [0, 0.1) is 0 Å². The lowest BCUT2D eigenvalue weighted by atomic mass is 10.1. The minimum absolute atomic E-state index is 0.0104. The maximum absolute atomic E-state index is 11.4. The van der Waals surface area contributed by atoms with Crippen molar-refractivity contribution >= 4 is 11.9 Å². The lowest BCUT2D eigenvalue weighted by Gasteiger charge is -2.16. The van der Waals surface area contributed by atoms with E-state index in [0.717, 1.165) is 5.56 Å². The summed E-state index contributed by atoms with van der Waals surface area (Å²) in [5, 5.41) is 2.75. The highest BCUT2D eigenvalue weighted by Crippen LogP contribution is 2.07. The molecule has 1 aromatic rings. The van der Waals surface area contributed by atoms with Gasteiger partial charge in [0.15, 0.2) is 0 Å². The average molecular weight is 264 g/mol. The third-order valence-electron chi connectivity index (χ3n) is 2.61. The number of methoxy groups -OCH3 is 1. The predicted molar refractivity (Wildman–Crippen MR) is 72.8 cm³/mol. The molecule has 0 aliphatic carbocycles. The Morgan fingerprint density at radius 1 is 1.26 bits per heavy atom. The van der Waals surface area contributed by atoms with Gasteiger partial charge in [-0.1, -0.05) is 12.1 Å². The second-order valence-electron chi connectivity index (χ2n) is 4.31. The van der Waals surface area contributed by atoms with E-state index in [0.29, 0.717) is 25.2 Å². The van der Waals surface area contributed by atoms with E-state index in [-0.39, 0.29) is 11.9 Å². The van der Waals surface area contributed by atoms with Crippen LogP contribution >= 0.6 is 0 Å². The van der Waals surface area contributed by atoms with Gasteiger partial charge in [0.05, 0.1) is 19.2 Å². The van der Waals surface area contributed by atoms with Gasteiger partial charge in [-0.15, -0.1) is 0 Å². The van der Waals surface area contributed by atoms with Crippen molar-refractivity contribution in [2.24, 2.45) is 0 Å². The van der Waals surface area contributed by atoms with Crippen LogP contribution in [0.2, 0.25) is 0 Å². The Labute approximate surface area is 113 Å². The van der Waals surface area contributed by atoms with Crippen molar-refractivity contribution in [2.45, 2.75) is 13.5 Å². The summed E-state index contributed by atoms with van der Waals surface area (Å²) in [5.41, 5.74) is 1.57. The van der Waals surface area contributed by atoms with Crippen molar-refractivity contribution in [3.63, 3.8) is 0 Å². The van der Waals surface area contributed by atoms with Crippen molar-refractivity contribution in [3.05, 3.63) is 35.4 Å². The second kappa shape index (κ2) is 7.53. The number of nitrogens with one attached hydrogen (secondary N) is 1. The maximum atomic E-state index is 11.4. The third kappa shape index (κ3) is 5.09. The number of rotatable bonds is 6. The van der Waals surface area contributed by atoms with Gasteiger partial charge in [-0.25, -0.2) is 4.79 Å². The fourth-order valence-corrected chi connectivity index (χ4v) is 1.73. The molecule has 1 aromatic carbocycles. The van der Waals surface area contributed by atoms with Crippen LogP contribution in [0.5, 0.6) is 0 Å². The fourth-order valence-electron chi connectivity index (χ4n) is 1.73. The average Bonchev–Trinajstić information content (AvgIpc) is 2.38. The number of esters is 1. The molecule has 0 fully saturated rings. The first-order valence-electron chi connectivity index (χ1n) is 6.19. The number of amides is 1. The molecule has 0 unspecified atom stereocenters. The van der Waals surface area contributed by atoms with Crippen LogP contribution in [0.15, 0.2) is 24.3 Å². The Morgan fingerprint density at radius 3 is 2.42 bits per heavy atom. The molecule has 104 valence electrons. The minimum Gasteiger partial charge on any atom is -0.465 e. The number of carbonyl (C=O) groups is 2. The summed E-state index contributed by atoms with van der Waals surface area (Å²) >= 11 is 0. The van der Waals surface area contributed by atoms with E-state index in [1.165, 1.54) is 7.11 Å². The van der Waals surface area contributed by atoms with Crippen LogP contribution in [-0.2, 0) is 16.1 Å². The molecule has 5 nitrogen and oxygen atoms in total. The lowest BCUT2D eigenvalue weighted by Crippen LogP contribution is -2.34. The number of benzene rings is 1. The number of nitrogens with zero attached hydrogens (tertiary/aromatic N) is 1. The SMILES string of the molecule is CCNC(=O)CN(C)Cc1ccc(C(=O)OC)cc1. The predicted octanol–water partition coefficient (Wildman–Crippen LogP) is 1.04. The van der Waals surface area contributed by atoms with Gasteiger partial charge in [-0.2, -0.15) is 0 Å². The van der Waals surface area contributed by atoms with Crippen molar-refractivity contribution in [3.8, 4) is 0 Å². The van der Waals surface area contributed by atoms with E-state index in [1.807, 2.05) is 31.0 Å². The molecule has 1 N–H and O–H groups in total. The monoisotopic (exact) mass is 264 g/mol. The molecular formula is C14H20N2O3. The highest BCUT2D eigenvalue weighted by molar-refractivity contribution is 5.89. The molecule has 0 aliphatic rings. The molecule has 0 spiro atoms. The molecule has 0 saturated heterocycles. The van der Waals surface area contributed by atoms with Gasteiger partial charge >= 0.3 is 5.97 Å². The summed E-state index contributed by atoms with van der Waals surface area (Å²) in [4.78, 5) is 24.6. The molecule has 0 bridgehead atoms. The summed E-state index contributed by atoms with van der Waals surface area (Å²) < 4.78 is 4.63. The van der Waals surface area contributed by atoms with E-state index >= 15 is 0 Å². The van der Waals surface area contributed by atoms with E-state index in [1.54, 1.807) is 12.1 Å². The van der Waals surface area contributed by atoms with Gasteiger partial charge in [0.25, 0.3) is 0 Å². The summed E-state index contributed by atoms with van der Waals surface area (Å²) in [7, 11) is 3.24. The van der Waals surface area contributed by atoms with Crippen molar-refractivity contribution < 1.29 is 14.3 Å². The summed E-state index contributed by atoms with van der Waals surface area (Å²) in [6, 6.07) is 7.17. The Kier molecular flexibility index (Phi) is 6.02. The summed E-state index contributed by atoms with van der Waals surface area (Å²) in [5.74, 6) is -0.335. The van der Waals surface area contributed by atoms with Gasteiger partial charge in [0, 0.05) is 13.1 Å². The highest BCUT2D eigenvalue weighted by atomic mass is 16.5. The maximum Gasteiger partial charge on any atom is 0.337 e. The van der Waals surface area contributed by atoms with Gasteiger partial charge in [0.2, 0.25) is 5.91 Å². The zero-order valence-electron chi connectivity index (χ0n) is 11.6. The van der Waals surface area contributed by atoms with Gasteiger partial charge in [-0.05, 0) is 31.7 Å². The van der Waals surface area contributed by atoms with Crippen molar-refractivity contribution in [1.82, 2.24) is 10.2 Å². The molecule has 19 heavy (non-hydrogen) atoms. The van der Waals surface area contributed by atoms with Crippen LogP contribution < -0.4 is 5.32 Å². The number of likely N-dealkylation sites (N-methyl/N-ethyl adjacent to an activating group) is 2. The zero-order chi connectivity index (χ0) is 14.3. The number of ether oxygens (including phenoxy) is 1. The molecule has 1 rings (SSSR count). The van der Waals surface area contributed by atoms with E-state index in [2.05, 4.69) is 10.1 Å². The Balaban J connectivity index is 2.53. The normalized spacial score (nSPS) is 10.3. The Bertz CT molecular complexity index is 429. The van der Waals surface area contributed by atoms with Crippen LogP contribution in [0.1, 0.15) is 22.8 Å². The van der Waals surface area contributed by atoms with Gasteiger partial charge in [-0.3, -0.25) is 9.69 Å². The van der Waals surface area contributed by atoms with Crippen molar-refractivity contribution in [1.29, 1.82) is 0 Å².